The lowest BCUT2D eigenvalue weighted by Gasteiger charge is -2.33. The van der Waals surface area contributed by atoms with Crippen LogP contribution in [0, 0.1) is 0 Å². The van der Waals surface area contributed by atoms with Gasteiger partial charge in [0.05, 0.1) is 29.0 Å². The zero-order chi connectivity index (χ0) is 21.9. The summed E-state index contributed by atoms with van der Waals surface area (Å²) in [5.74, 6) is -1.08. The molecule has 0 aliphatic carbocycles. The molecular formula is C20H25N3O6S. The predicted octanol–water partition coefficient (Wildman–Crippen LogP) is 0.823. The normalized spacial score (nSPS) is 18.8. The second kappa shape index (κ2) is 8.95. The van der Waals surface area contributed by atoms with Gasteiger partial charge in [-0.2, -0.15) is 5.10 Å². The number of rotatable bonds is 7. The number of aromatic nitrogens is 2. The minimum absolute atomic E-state index is 0.0582. The number of amides is 1. The standard InChI is InChI=1S/C20H25N3O6S/c1-3-13(2)23(14-8-9-30(27,28)12-14)18(24)11-29-19(25)10-17-15-6-4-5-7-16(15)20(26)22-21-17/h4-7,13-14H,3,8-12H2,1-2H3,(H,22,26)/t13-,14-/m0/s1. The summed E-state index contributed by atoms with van der Waals surface area (Å²) < 4.78 is 28.8. The number of nitrogens with zero attached hydrogens (tertiary/aromatic N) is 2. The third-order valence-corrected chi connectivity index (χ3v) is 7.15. The van der Waals surface area contributed by atoms with E-state index in [1.54, 1.807) is 24.3 Å². The van der Waals surface area contributed by atoms with Gasteiger partial charge in [-0.3, -0.25) is 14.4 Å². The molecule has 0 radical (unpaired) electrons. The number of H-pyrrole nitrogens is 1. The molecule has 2 heterocycles. The van der Waals surface area contributed by atoms with Crippen LogP contribution in [0.25, 0.3) is 10.8 Å². The van der Waals surface area contributed by atoms with Gasteiger partial charge in [-0.25, -0.2) is 13.5 Å². The van der Waals surface area contributed by atoms with Crippen molar-refractivity contribution < 1.29 is 22.7 Å². The molecule has 0 spiro atoms. The van der Waals surface area contributed by atoms with Crippen LogP contribution in [0.3, 0.4) is 0 Å². The zero-order valence-electron chi connectivity index (χ0n) is 17.0. The molecule has 1 aromatic heterocycles. The maximum Gasteiger partial charge on any atom is 0.312 e. The number of carbonyl (C=O) groups excluding carboxylic acids is 2. The molecule has 1 amide bonds. The number of esters is 1. The van der Waals surface area contributed by atoms with Gasteiger partial charge < -0.3 is 9.64 Å². The highest BCUT2D eigenvalue weighted by atomic mass is 32.2. The van der Waals surface area contributed by atoms with E-state index in [1.807, 2.05) is 13.8 Å². The van der Waals surface area contributed by atoms with E-state index in [2.05, 4.69) is 10.2 Å². The lowest BCUT2D eigenvalue weighted by Crippen LogP contribution is -2.48. The molecule has 162 valence electrons. The molecule has 10 heteroatoms. The van der Waals surface area contributed by atoms with Gasteiger partial charge in [0, 0.05) is 17.5 Å². The van der Waals surface area contributed by atoms with Gasteiger partial charge in [0.25, 0.3) is 11.5 Å². The van der Waals surface area contributed by atoms with Crippen molar-refractivity contribution in [3.63, 3.8) is 0 Å². The Labute approximate surface area is 174 Å². The van der Waals surface area contributed by atoms with Crippen molar-refractivity contribution in [2.45, 2.75) is 45.2 Å². The molecule has 1 fully saturated rings. The number of nitrogens with one attached hydrogen (secondary N) is 1. The monoisotopic (exact) mass is 435 g/mol. The van der Waals surface area contributed by atoms with Crippen LogP contribution >= 0.6 is 0 Å². The van der Waals surface area contributed by atoms with Crippen molar-refractivity contribution in [2.24, 2.45) is 0 Å². The van der Waals surface area contributed by atoms with Gasteiger partial charge in [-0.1, -0.05) is 25.1 Å². The fourth-order valence-corrected chi connectivity index (χ4v) is 5.42. The Hall–Kier alpha value is -2.75. The first-order valence-electron chi connectivity index (χ1n) is 9.85. The summed E-state index contributed by atoms with van der Waals surface area (Å²) in [6.07, 6.45) is 0.842. The molecule has 0 bridgehead atoms. The number of ether oxygens (including phenoxy) is 1. The van der Waals surface area contributed by atoms with E-state index in [-0.39, 0.29) is 29.5 Å². The summed E-state index contributed by atoms with van der Waals surface area (Å²) in [4.78, 5) is 38.4. The molecule has 0 saturated carbocycles. The molecule has 1 aliphatic rings. The van der Waals surface area contributed by atoms with E-state index >= 15 is 0 Å². The minimum atomic E-state index is -3.15. The Kier molecular flexibility index (Phi) is 6.55. The van der Waals surface area contributed by atoms with Gasteiger partial charge >= 0.3 is 5.97 Å². The lowest BCUT2D eigenvalue weighted by atomic mass is 10.1. The summed E-state index contributed by atoms with van der Waals surface area (Å²) in [6.45, 7) is 3.29. The maximum atomic E-state index is 12.7. The van der Waals surface area contributed by atoms with Crippen LogP contribution in [0.1, 0.15) is 32.4 Å². The van der Waals surface area contributed by atoms with Crippen LogP contribution in [-0.4, -0.2) is 65.6 Å². The number of hydrogen-bond acceptors (Lipinski definition) is 7. The molecule has 30 heavy (non-hydrogen) atoms. The van der Waals surface area contributed by atoms with Gasteiger partial charge in [0.2, 0.25) is 0 Å². The van der Waals surface area contributed by atoms with Crippen LogP contribution in [0.4, 0.5) is 0 Å². The summed E-state index contributed by atoms with van der Waals surface area (Å²) >= 11 is 0. The van der Waals surface area contributed by atoms with E-state index in [0.717, 1.165) is 0 Å². The quantitative estimate of drug-likeness (QED) is 0.638. The van der Waals surface area contributed by atoms with E-state index in [4.69, 9.17) is 4.74 Å². The summed E-state index contributed by atoms with van der Waals surface area (Å²) in [5.41, 5.74) is -0.00285. The molecule has 0 unspecified atom stereocenters. The SMILES string of the molecule is CC[C@H](C)N(C(=O)COC(=O)Cc1n[nH]c(=O)c2ccccc12)[C@H]1CCS(=O)(=O)C1. The second-order valence-corrected chi connectivity index (χ2v) is 9.73. The van der Waals surface area contributed by atoms with Crippen molar-refractivity contribution in [1.29, 1.82) is 0 Å². The third kappa shape index (κ3) is 4.86. The van der Waals surface area contributed by atoms with Crippen LogP contribution in [-0.2, 0) is 30.6 Å². The molecule has 1 N–H and O–H groups in total. The Morgan fingerprint density at radius 1 is 1.30 bits per heavy atom. The van der Waals surface area contributed by atoms with Crippen LogP contribution in [0.5, 0.6) is 0 Å². The first-order valence-corrected chi connectivity index (χ1v) is 11.7. The van der Waals surface area contributed by atoms with Crippen molar-refractivity contribution in [3.05, 3.63) is 40.3 Å². The van der Waals surface area contributed by atoms with E-state index < -0.39 is 34.4 Å². The van der Waals surface area contributed by atoms with Gasteiger partial charge in [-0.05, 0) is 25.8 Å². The van der Waals surface area contributed by atoms with Gasteiger partial charge in [0.15, 0.2) is 16.4 Å². The largest absolute Gasteiger partial charge is 0.455 e. The average molecular weight is 436 g/mol. The Bertz CT molecular complexity index is 1110. The Morgan fingerprint density at radius 2 is 2.00 bits per heavy atom. The number of carbonyl (C=O) groups is 2. The van der Waals surface area contributed by atoms with Crippen LogP contribution < -0.4 is 5.56 Å². The van der Waals surface area contributed by atoms with E-state index in [1.165, 1.54) is 4.90 Å². The molecule has 3 rings (SSSR count). The number of benzene rings is 1. The number of aromatic amines is 1. The van der Waals surface area contributed by atoms with Crippen molar-refractivity contribution in [1.82, 2.24) is 15.1 Å². The van der Waals surface area contributed by atoms with Crippen molar-refractivity contribution in [3.8, 4) is 0 Å². The summed E-state index contributed by atoms with van der Waals surface area (Å²) in [5, 5.41) is 7.24. The highest BCUT2D eigenvalue weighted by molar-refractivity contribution is 7.91. The van der Waals surface area contributed by atoms with Crippen molar-refractivity contribution >= 4 is 32.5 Å². The summed E-state index contributed by atoms with van der Waals surface area (Å²) in [7, 11) is -3.15. The van der Waals surface area contributed by atoms with Crippen molar-refractivity contribution in [2.75, 3.05) is 18.1 Å². The first kappa shape index (κ1) is 21.9. The fraction of sp³-hybridized carbons (Fsp3) is 0.500. The van der Waals surface area contributed by atoms with Gasteiger partial charge in [0.1, 0.15) is 0 Å². The zero-order valence-corrected chi connectivity index (χ0v) is 17.8. The number of fused-ring (bicyclic) bond motifs is 1. The predicted molar refractivity (Wildman–Crippen MR) is 111 cm³/mol. The molecule has 2 aromatic rings. The van der Waals surface area contributed by atoms with Crippen LogP contribution in [0.15, 0.2) is 29.1 Å². The molecule has 1 aromatic carbocycles. The molecule has 9 nitrogen and oxygen atoms in total. The third-order valence-electron chi connectivity index (χ3n) is 5.40. The highest BCUT2D eigenvalue weighted by Crippen LogP contribution is 2.21. The topological polar surface area (TPSA) is 126 Å². The van der Waals surface area contributed by atoms with E-state index in [9.17, 15) is 22.8 Å². The molecule has 1 aliphatic heterocycles. The Morgan fingerprint density at radius 3 is 2.63 bits per heavy atom. The van der Waals surface area contributed by atoms with Gasteiger partial charge in [-0.15, -0.1) is 0 Å². The molecule has 2 atom stereocenters. The minimum Gasteiger partial charge on any atom is -0.455 e. The number of hydrogen-bond donors (Lipinski definition) is 1. The Balaban J connectivity index is 1.67. The smallest absolute Gasteiger partial charge is 0.312 e. The lowest BCUT2D eigenvalue weighted by molar-refractivity contribution is -0.153. The van der Waals surface area contributed by atoms with E-state index in [0.29, 0.717) is 29.3 Å². The summed E-state index contributed by atoms with van der Waals surface area (Å²) in [6, 6.07) is 6.21. The first-order chi connectivity index (χ1) is 14.2. The molecule has 1 saturated heterocycles. The average Bonchev–Trinajstić information content (AvgIpc) is 3.08. The molecular weight excluding hydrogens is 410 g/mol. The second-order valence-electron chi connectivity index (χ2n) is 7.50. The fourth-order valence-electron chi connectivity index (χ4n) is 3.71. The maximum absolute atomic E-state index is 12.7. The highest BCUT2D eigenvalue weighted by Gasteiger charge is 2.36. The number of sulfone groups is 1. The van der Waals surface area contributed by atoms with Crippen LogP contribution in [0.2, 0.25) is 0 Å².